The average Bonchev–Trinajstić information content (AvgIpc) is 2.70. The number of benzene rings is 1. The molecule has 0 aliphatic carbocycles. The van der Waals surface area contributed by atoms with E-state index in [1.807, 2.05) is 19.2 Å². The number of aromatic hydroxyl groups is 1. The van der Waals surface area contributed by atoms with Gasteiger partial charge in [0.2, 0.25) is 5.91 Å². The minimum atomic E-state index is -4.45. The van der Waals surface area contributed by atoms with Gasteiger partial charge in [-0.3, -0.25) is 15.0 Å². The first-order chi connectivity index (χ1) is 15.3. The van der Waals surface area contributed by atoms with Gasteiger partial charge in [-0.25, -0.2) is 4.79 Å². The van der Waals surface area contributed by atoms with E-state index in [-0.39, 0.29) is 31.6 Å². The van der Waals surface area contributed by atoms with Gasteiger partial charge in [0, 0.05) is 17.9 Å². The summed E-state index contributed by atoms with van der Waals surface area (Å²) in [6, 6.07) is 2.49. The van der Waals surface area contributed by atoms with Gasteiger partial charge in [0.1, 0.15) is 5.75 Å². The first-order valence-corrected chi connectivity index (χ1v) is 11.2. The summed E-state index contributed by atoms with van der Waals surface area (Å²) in [5, 5.41) is 24.1. The zero-order valence-corrected chi connectivity index (χ0v) is 19.9. The molecule has 10 heteroatoms. The number of phenolic OH excluding ortho intramolecular Hbond substituents is 1. The second-order valence-corrected chi connectivity index (χ2v) is 8.36. The number of imide groups is 1. The van der Waals surface area contributed by atoms with Crippen molar-refractivity contribution in [1.82, 2.24) is 10.2 Å². The molecule has 1 aromatic carbocycles. The van der Waals surface area contributed by atoms with Gasteiger partial charge in [0.05, 0.1) is 12.1 Å². The monoisotopic (exact) mass is 475 g/mol. The number of piperidine rings is 1. The van der Waals surface area contributed by atoms with E-state index in [0.717, 1.165) is 4.90 Å². The minimum absolute atomic E-state index is 0.0143. The third-order valence-corrected chi connectivity index (χ3v) is 6.37. The second kappa shape index (κ2) is 11.2. The molecule has 0 radical (unpaired) electrons. The van der Waals surface area contributed by atoms with Gasteiger partial charge in [-0.15, -0.1) is 0 Å². The largest absolute Gasteiger partial charge is 0.508 e. The van der Waals surface area contributed by atoms with E-state index in [1.54, 1.807) is 19.9 Å². The van der Waals surface area contributed by atoms with Crippen molar-refractivity contribution in [2.75, 3.05) is 13.1 Å². The summed E-state index contributed by atoms with van der Waals surface area (Å²) in [5.41, 5.74) is 3.10. The van der Waals surface area contributed by atoms with Crippen LogP contribution in [0.4, 0.5) is 18.0 Å². The fourth-order valence-electron chi connectivity index (χ4n) is 5.01. The van der Waals surface area contributed by atoms with Gasteiger partial charge in [0.15, 0.2) is 0 Å². The Balaban J connectivity index is 0.00000265. The third kappa shape index (κ3) is 6.38. The number of hydrogen-bond donors (Lipinski definition) is 4. The molecule has 2 rings (SSSR count). The van der Waals surface area contributed by atoms with Gasteiger partial charge >= 0.3 is 12.2 Å². The molecule has 3 unspecified atom stereocenters. The number of nitrogens with one attached hydrogen (secondary N) is 1. The van der Waals surface area contributed by atoms with Crippen molar-refractivity contribution in [3.05, 3.63) is 29.3 Å². The summed E-state index contributed by atoms with van der Waals surface area (Å²) < 4.78 is 39.5. The van der Waals surface area contributed by atoms with Crippen molar-refractivity contribution in [3.63, 3.8) is 0 Å². The number of carbonyl (C=O) groups is 2. The number of carbonyl (C=O) groups excluding carboxylic acids is 2. The fourth-order valence-corrected chi connectivity index (χ4v) is 5.01. The molecule has 1 aromatic rings. The number of aliphatic hydroxyl groups is 1. The van der Waals surface area contributed by atoms with Crippen molar-refractivity contribution in [1.29, 1.82) is 0 Å². The van der Waals surface area contributed by atoms with Gasteiger partial charge in [0.25, 0.3) is 0 Å². The maximum absolute atomic E-state index is 13.2. The van der Waals surface area contributed by atoms with E-state index in [2.05, 4.69) is 0 Å². The fraction of sp³-hybridized carbons (Fsp3) is 0.652. The highest BCUT2D eigenvalue weighted by molar-refractivity contribution is 5.94. The Labute approximate surface area is 193 Å². The summed E-state index contributed by atoms with van der Waals surface area (Å²) in [5.74, 6) is -0.847. The minimum Gasteiger partial charge on any atom is -0.508 e. The maximum atomic E-state index is 13.2. The summed E-state index contributed by atoms with van der Waals surface area (Å²) in [7, 11) is 0. The van der Waals surface area contributed by atoms with Gasteiger partial charge in [-0.1, -0.05) is 33.3 Å². The Bertz CT molecular complexity index is 834. The smallest absolute Gasteiger partial charge is 0.401 e. The number of aryl methyl sites for hydroxylation is 1. The number of nitrogens with zero attached hydrogens (tertiary/aromatic N) is 1. The Morgan fingerprint density at radius 1 is 1.30 bits per heavy atom. The van der Waals surface area contributed by atoms with Crippen LogP contribution in [-0.4, -0.2) is 58.0 Å². The number of halogens is 3. The Kier molecular flexibility index (Phi) is 9.74. The van der Waals surface area contributed by atoms with Gasteiger partial charge in [-0.05, 0) is 56.5 Å². The molecule has 1 saturated heterocycles. The molecule has 3 amide bonds. The number of phenols is 1. The number of primary amides is 1. The van der Waals surface area contributed by atoms with Crippen molar-refractivity contribution in [2.24, 2.45) is 5.73 Å². The average molecular weight is 476 g/mol. The van der Waals surface area contributed by atoms with Crippen molar-refractivity contribution < 1.29 is 33.0 Å². The van der Waals surface area contributed by atoms with Crippen LogP contribution in [0.25, 0.3) is 0 Å². The lowest BCUT2D eigenvalue weighted by molar-refractivity contribution is -0.191. The molecule has 5 N–H and O–H groups in total. The highest BCUT2D eigenvalue weighted by atomic mass is 19.4. The van der Waals surface area contributed by atoms with Crippen LogP contribution in [0.5, 0.6) is 5.75 Å². The van der Waals surface area contributed by atoms with E-state index in [9.17, 15) is 33.0 Å². The van der Waals surface area contributed by atoms with Crippen LogP contribution in [-0.2, 0) is 10.2 Å². The molecule has 1 heterocycles. The van der Waals surface area contributed by atoms with Gasteiger partial charge < -0.3 is 15.9 Å². The number of likely N-dealkylation sites (tertiary alicyclic amines) is 1. The van der Waals surface area contributed by atoms with Gasteiger partial charge in [-0.2, -0.15) is 13.2 Å². The molecular formula is C23H36F3N3O4. The molecule has 188 valence electrons. The normalized spacial score (nSPS) is 25.7. The lowest BCUT2D eigenvalue weighted by Crippen LogP contribution is -2.69. The number of amides is 3. The third-order valence-electron chi connectivity index (χ3n) is 6.37. The zero-order valence-electron chi connectivity index (χ0n) is 19.9. The molecule has 33 heavy (non-hydrogen) atoms. The highest BCUT2D eigenvalue weighted by Crippen LogP contribution is 2.52. The molecule has 1 aliphatic heterocycles. The first-order valence-electron chi connectivity index (χ1n) is 11.2. The topological polar surface area (TPSA) is 116 Å². The maximum Gasteiger partial charge on any atom is 0.401 e. The van der Waals surface area contributed by atoms with Crippen LogP contribution in [0, 0.1) is 6.92 Å². The van der Waals surface area contributed by atoms with E-state index in [0.29, 0.717) is 17.5 Å². The van der Waals surface area contributed by atoms with E-state index in [1.165, 1.54) is 19.1 Å². The van der Waals surface area contributed by atoms with Crippen LogP contribution in [0.3, 0.4) is 0 Å². The number of nitrogens with two attached hydrogens (primary N) is 1. The van der Waals surface area contributed by atoms with Crippen molar-refractivity contribution >= 4 is 11.9 Å². The van der Waals surface area contributed by atoms with E-state index in [4.69, 9.17) is 5.73 Å². The standard InChI is InChI=1S/C21H30F3N3O4.C2H6/c1-4-7-20(31)14(3)27(12-21(22,23)24)9-8-19(20,11-17(29)26-18(25)30)16-10-15(28)6-5-13(16)2;1-2/h5-6,10,14,28,31H,4,7-9,11-12H2,1-3H3,(H3,25,26,29,30);1-2H3. The molecule has 1 aliphatic rings. The second-order valence-electron chi connectivity index (χ2n) is 8.36. The van der Waals surface area contributed by atoms with Crippen LogP contribution < -0.4 is 11.1 Å². The van der Waals surface area contributed by atoms with Crippen LogP contribution in [0.15, 0.2) is 18.2 Å². The first kappa shape index (κ1) is 28.7. The van der Waals surface area contributed by atoms with Crippen molar-refractivity contribution in [2.45, 2.75) is 83.5 Å². The summed E-state index contributed by atoms with van der Waals surface area (Å²) in [6.07, 6.45) is -4.26. The van der Waals surface area contributed by atoms with Crippen molar-refractivity contribution in [3.8, 4) is 5.75 Å². The molecule has 0 saturated carbocycles. The molecule has 1 fully saturated rings. The number of urea groups is 1. The zero-order chi connectivity index (χ0) is 25.6. The van der Waals surface area contributed by atoms with Crippen LogP contribution >= 0.6 is 0 Å². The quantitative estimate of drug-likeness (QED) is 0.500. The lowest BCUT2D eigenvalue weighted by Gasteiger charge is -2.58. The van der Waals surface area contributed by atoms with E-state index < -0.39 is 41.7 Å². The van der Waals surface area contributed by atoms with E-state index >= 15 is 0 Å². The molecule has 0 spiro atoms. The molecule has 7 nitrogen and oxygen atoms in total. The highest BCUT2D eigenvalue weighted by Gasteiger charge is 2.59. The number of rotatable bonds is 6. The molecule has 0 aromatic heterocycles. The Morgan fingerprint density at radius 3 is 2.42 bits per heavy atom. The molecule has 0 bridgehead atoms. The molecule has 3 atom stereocenters. The van der Waals surface area contributed by atoms with Crippen LogP contribution in [0.2, 0.25) is 0 Å². The predicted molar refractivity (Wildman–Crippen MR) is 120 cm³/mol. The summed E-state index contributed by atoms with van der Waals surface area (Å²) >= 11 is 0. The summed E-state index contributed by atoms with van der Waals surface area (Å²) in [6.45, 7) is 7.81. The SMILES string of the molecule is CC.CCCC1(O)C(C)N(CC(F)(F)F)CCC1(CC(=O)NC(N)=O)c1cc(O)ccc1C. The predicted octanol–water partition coefficient (Wildman–Crippen LogP) is 3.74. The Morgan fingerprint density at radius 2 is 1.91 bits per heavy atom. The lowest BCUT2D eigenvalue weighted by atomic mass is 9.56. The number of hydrogen-bond acceptors (Lipinski definition) is 5. The molecular weight excluding hydrogens is 439 g/mol. The Hall–Kier alpha value is -2.33. The summed E-state index contributed by atoms with van der Waals surface area (Å²) in [4.78, 5) is 25.0. The number of alkyl halides is 3. The van der Waals surface area contributed by atoms with Crippen LogP contribution in [0.1, 0.15) is 64.5 Å².